The molecule has 1 amide bonds. The Kier molecular flexibility index (Phi) is 4.73. The van der Waals surface area contributed by atoms with Crippen LogP contribution >= 0.6 is 28.6 Å². The summed E-state index contributed by atoms with van der Waals surface area (Å²) in [5.41, 5.74) is 0.720. The van der Waals surface area contributed by atoms with Gasteiger partial charge in [-0.2, -0.15) is 0 Å². The fourth-order valence-electron chi connectivity index (χ4n) is 2.39. The van der Waals surface area contributed by atoms with Gasteiger partial charge in [0, 0.05) is 22.5 Å². The van der Waals surface area contributed by atoms with Gasteiger partial charge in [0.15, 0.2) is 0 Å². The molecule has 2 nitrogen and oxygen atoms in total. The van der Waals surface area contributed by atoms with E-state index in [1.165, 1.54) is 6.42 Å². The van der Waals surface area contributed by atoms with Crippen LogP contribution in [0.25, 0.3) is 0 Å². The van der Waals surface area contributed by atoms with Gasteiger partial charge in [-0.25, -0.2) is 0 Å². The molecule has 1 aromatic rings. The molecule has 98 valence electrons. The molecule has 1 aromatic carbocycles. The van der Waals surface area contributed by atoms with Crippen LogP contribution in [0.1, 0.15) is 36.5 Å². The van der Waals surface area contributed by atoms with Crippen LogP contribution in [-0.2, 0) is 0 Å². The Bertz CT molecular complexity index is 441. The highest BCUT2D eigenvalue weighted by molar-refractivity contribution is 9.10. The zero-order valence-corrected chi connectivity index (χ0v) is 13.0. The van der Waals surface area contributed by atoms with Gasteiger partial charge in [-0.1, -0.05) is 13.3 Å². The number of rotatable bonds is 2. The molecule has 0 N–H and O–H groups in total. The molecule has 1 aliphatic rings. The van der Waals surface area contributed by atoms with Crippen molar-refractivity contribution in [3.8, 4) is 0 Å². The van der Waals surface area contributed by atoms with Crippen molar-refractivity contribution in [1.82, 2.24) is 4.90 Å². The third kappa shape index (κ3) is 3.09. The van der Waals surface area contributed by atoms with Crippen molar-refractivity contribution in [1.29, 1.82) is 0 Å². The Hall–Kier alpha value is -0.480. The second-order valence-corrected chi connectivity index (χ2v) is 6.18. The summed E-state index contributed by atoms with van der Waals surface area (Å²) in [6.07, 6.45) is 3.47. The lowest BCUT2D eigenvalue weighted by Gasteiger charge is -2.31. The van der Waals surface area contributed by atoms with Crippen molar-refractivity contribution in [2.75, 3.05) is 13.1 Å². The lowest BCUT2D eigenvalue weighted by molar-refractivity contribution is 0.0687. The molecule has 0 spiro atoms. The summed E-state index contributed by atoms with van der Waals surface area (Å²) in [5, 5.41) is 0. The molecule has 0 radical (unpaired) electrons. The van der Waals surface area contributed by atoms with Gasteiger partial charge < -0.3 is 4.90 Å². The van der Waals surface area contributed by atoms with E-state index in [4.69, 9.17) is 0 Å². The molecule has 0 aliphatic carbocycles. The van der Waals surface area contributed by atoms with Gasteiger partial charge in [0.25, 0.3) is 5.91 Å². The number of piperidine rings is 1. The van der Waals surface area contributed by atoms with Crippen molar-refractivity contribution >= 4 is 34.5 Å². The second kappa shape index (κ2) is 6.11. The first kappa shape index (κ1) is 13.9. The van der Waals surface area contributed by atoms with Crippen LogP contribution in [0.15, 0.2) is 27.6 Å². The molecule has 0 unspecified atom stereocenters. The van der Waals surface area contributed by atoms with E-state index < -0.39 is 0 Å². The summed E-state index contributed by atoms with van der Waals surface area (Å²) < 4.78 is 0.850. The van der Waals surface area contributed by atoms with Crippen LogP contribution in [0.2, 0.25) is 0 Å². The molecular weight excluding hydrogens is 310 g/mol. The lowest BCUT2D eigenvalue weighted by atomic mass is 9.94. The minimum absolute atomic E-state index is 0.118. The van der Waals surface area contributed by atoms with Crippen molar-refractivity contribution < 1.29 is 4.79 Å². The zero-order valence-electron chi connectivity index (χ0n) is 10.5. The molecule has 0 aromatic heterocycles. The minimum atomic E-state index is 0.118. The highest BCUT2D eigenvalue weighted by Gasteiger charge is 2.23. The topological polar surface area (TPSA) is 20.3 Å². The predicted molar refractivity (Wildman–Crippen MR) is 80.3 cm³/mol. The Balaban J connectivity index is 2.10. The first-order chi connectivity index (χ1) is 8.61. The summed E-state index contributed by atoms with van der Waals surface area (Å²) in [5.74, 6) is 0.904. The standard InChI is InChI=1S/C14H18BrNOS/c1-2-10-5-7-16(8-6-10)14(17)12-9-11(18)3-4-13(12)15/h3-4,9-10,18H,2,5-8H2,1H3. The average molecular weight is 328 g/mol. The van der Waals surface area contributed by atoms with E-state index in [1.807, 2.05) is 23.1 Å². The molecule has 4 heteroatoms. The van der Waals surface area contributed by atoms with Crippen LogP contribution < -0.4 is 0 Å². The van der Waals surface area contributed by atoms with Crippen LogP contribution in [0.3, 0.4) is 0 Å². The van der Waals surface area contributed by atoms with Gasteiger partial charge in [0.05, 0.1) is 5.56 Å². The Morgan fingerprint density at radius 2 is 2.11 bits per heavy atom. The number of carbonyl (C=O) groups excluding carboxylic acids is 1. The van der Waals surface area contributed by atoms with Crippen LogP contribution in [-0.4, -0.2) is 23.9 Å². The number of likely N-dealkylation sites (tertiary alicyclic amines) is 1. The summed E-state index contributed by atoms with van der Waals surface area (Å²) in [6, 6.07) is 5.60. The van der Waals surface area contributed by atoms with Crippen LogP contribution in [0, 0.1) is 5.92 Å². The maximum atomic E-state index is 12.4. The zero-order chi connectivity index (χ0) is 13.1. The molecular formula is C14H18BrNOS. The Labute approximate surface area is 122 Å². The van der Waals surface area contributed by atoms with Gasteiger partial charge in [-0.3, -0.25) is 4.79 Å². The third-order valence-corrected chi connectivity index (χ3v) is 4.63. The van der Waals surface area contributed by atoms with Crippen molar-refractivity contribution in [3.63, 3.8) is 0 Å². The highest BCUT2D eigenvalue weighted by Crippen LogP contribution is 2.25. The van der Waals surface area contributed by atoms with Crippen molar-refractivity contribution in [2.24, 2.45) is 5.92 Å². The first-order valence-corrected chi connectivity index (χ1v) is 7.63. The SMILES string of the molecule is CCC1CCN(C(=O)c2cc(S)ccc2Br)CC1. The number of benzene rings is 1. The van der Waals surface area contributed by atoms with Gasteiger partial charge in [0.2, 0.25) is 0 Å². The number of halogens is 1. The van der Waals surface area contributed by atoms with E-state index in [-0.39, 0.29) is 5.91 Å². The number of carbonyl (C=O) groups is 1. The minimum Gasteiger partial charge on any atom is -0.339 e. The van der Waals surface area contributed by atoms with Gasteiger partial charge >= 0.3 is 0 Å². The number of amides is 1. The van der Waals surface area contributed by atoms with E-state index in [0.717, 1.165) is 46.8 Å². The molecule has 1 saturated heterocycles. The van der Waals surface area contributed by atoms with Gasteiger partial charge in [0.1, 0.15) is 0 Å². The van der Waals surface area contributed by atoms with Crippen LogP contribution in [0.4, 0.5) is 0 Å². The van der Waals surface area contributed by atoms with E-state index in [2.05, 4.69) is 35.5 Å². The van der Waals surface area contributed by atoms with E-state index in [9.17, 15) is 4.79 Å². The molecule has 1 aliphatic heterocycles. The van der Waals surface area contributed by atoms with E-state index in [0.29, 0.717) is 0 Å². The number of thiol groups is 1. The maximum Gasteiger partial charge on any atom is 0.255 e. The molecule has 1 heterocycles. The van der Waals surface area contributed by atoms with E-state index >= 15 is 0 Å². The molecule has 0 saturated carbocycles. The Morgan fingerprint density at radius 3 is 2.72 bits per heavy atom. The van der Waals surface area contributed by atoms with Crippen molar-refractivity contribution in [3.05, 3.63) is 28.2 Å². The smallest absolute Gasteiger partial charge is 0.255 e. The average Bonchev–Trinajstić information content (AvgIpc) is 2.41. The normalized spacial score (nSPS) is 16.9. The number of nitrogens with zero attached hydrogens (tertiary/aromatic N) is 1. The summed E-state index contributed by atoms with van der Waals surface area (Å²) in [7, 11) is 0. The monoisotopic (exact) mass is 327 g/mol. The second-order valence-electron chi connectivity index (χ2n) is 4.81. The quantitative estimate of drug-likeness (QED) is 0.814. The molecule has 0 bridgehead atoms. The fraction of sp³-hybridized carbons (Fsp3) is 0.500. The summed E-state index contributed by atoms with van der Waals surface area (Å²) >= 11 is 7.74. The lowest BCUT2D eigenvalue weighted by Crippen LogP contribution is -2.38. The molecule has 1 fully saturated rings. The highest BCUT2D eigenvalue weighted by atomic mass is 79.9. The van der Waals surface area contributed by atoms with Gasteiger partial charge in [-0.05, 0) is 52.9 Å². The Morgan fingerprint density at radius 1 is 1.44 bits per heavy atom. The van der Waals surface area contributed by atoms with E-state index in [1.54, 1.807) is 0 Å². The predicted octanol–water partition coefficient (Wildman–Crippen LogP) is 4.00. The van der Waals surface area contributed by atoms with Crippen LogP contribution in [0.5, 0.6) is 0 Å². The van der Waals surface area contributed by atoms with Gasteiger partial charge in [-0.15, -0.1) is 12.6 Å². The largest absolute Gasteiger partial charge is 0.339 e. The van der Waals surface area contributed by atoms with Crippen molar-refractivity contribution in [2.45, 2.75) is 31.1 Å². The number of hydrogen-bond donors (Lipinski definition) is 1. The first-order valence-electron chi connectivity index (χ1n) is 6.39. The summed E-state index contributed by atoms with van der Waals surface area (Å²) in [4.78, 5) is 15.2. The molecule has 2 rings (SSSR count). The maximum absolute atomic E-state index is 12.4. The molecule has 0 atom stereocenters. The number of hydrogen-bond acceptors (Lipinski definition) is 2. The summed E-state index contributed by atoms with van der Waals surface area (Å²) in [6.45, 7) is 3.98. The molecule has 18 heavy (non-hydrogen) atoms. The fourth-order valence-corrected chi connectivity index (χ4v) is 3.01. The third-order valence-electron chi connectivity index (χ3n) is 3.66.